The third-order valence-electron chi connectivity index (χ3n) is 6.80. The number of esters is 1. The first-order valence-corrected chi connectivity index (χ1v) is 13.9. The molecule has 3 atom stereocenters. The monoisotopic (exact) mass is 556 g/mol. The summed E-state index contributed by atoms with van der Waals surface area (Å²) in [5.74, 6) is -2.40. The summed E-state index contributed by atoms with van der Waals surface area (Å²) in [6, 6.07) is 6.50. The summed E-state index contributed by atoms with van der Waals surface area (Å²) in [7, 11) is 1.29. The summed E-state index contributed by atoms with van der Waals surface area (Å²) in [6.45, 7) is 9.10. The van der Waals surface area contributed by atoms with Crippen LogP contribution in [0.1, 0.15) is 53.0 Å². The lowest BCUT2D eigenvalue weighted by Gasteiger charge is -2.34. The van der Waals surface area contributed by atoms with Crippen LogP contribution >= 0.6 is 0 Å². The zero-order valence-electron chi connectivity index (χ0n) is 24.5. The molecule has 0 radical (unpaired) electrons. The Morgan fingerprint density at radius 2 is 1.70 bits per heavy atom. The Kier molecular flexibility index (Phi) is 12.8. The average Bonchev–Trinajstić information content (AvgIpc) is 2.90. The Labute approximate surface area is 237 Å². The molecule has 1 aliphatic rings. The molecule has 2 N–H and O–H groups in total. The van der Waals surface area contributed by atoms with Crippen LogP contribution in [-0.2, 0) is 35.1 Å². The predicted octanol–water partition coefficient (Wildman–Crippen LogP) is 2.08. The molecule has 0 bridgehead atoms. The summed E-state index contributed by atoms with van der Waals surface area (Å²) in [4.78, 5) is 68.6. The quantitative estimate of drug-likeness (QED) is 0.391. The molecule has 220 valence electrons. The Morgan fingerprint density at radius 1 is 1.02 bits per heavy atom. The van der Waals surface area contributed by atoms with Gasteiger partial charge in [0.1, 0.15) is 18.1 Å². The highest BCUT2D eigenvalue weighted by molar-refractivity contribution is 5.94. The fourth-order valence-corrected chi connectivity index (χ4v) is 4.63. The van der Waals surface area contributed by atoms with Crippen LogP contribution in [-0.4, -0.2) is 84.3 Å². The van der Waals surface area contributed by atoms with Gasteiger partial charge in [-0.15, -0.1) is 0 Å². The van der Waals surface area contributed by atoms with E-state index in [0.29, 0.717) is 12.8 Å². The standard InChI is InChI=1S/C30H44N4O6/c1-20(2)17-25(30(39)40-6)34-16-12-8-11-15-33(22(5)35)19-26(36)32-27(21(3)4)28(37)31-24(29(34)38)18-23-13-9-7-10-14-23/h7-10,12-14,20-21,24-25,27H,11,15-19H2,1-6H3,(H,31,37)(H,32,36)/b12-8-/t24-,25-,27-/m0/s1. The molecule has 10 nitrogen and oxygen atoms in total. The highest BCUT2D eigenvalue weighted by Crippen LogP contribution is 2.17. The van der Waals surface area contributed by atoms with E-state index >= 15 is 0 Å². The third-order valence-corrected chi connectivity index (χ3v) is 6.80. The second-order valence-corrected chi connectivity index (χ2v) is 10.9. The number of carbonyl (C=O) groups is 5. The topological polar surface area (TPSA) is 125 Å². The van der Waals surface area contributed by atoms with Gasteiger partial charge < -0.3 is 25.2 Å². The smallest absolute Gasteiger partial charge is 0.328 e. The van der Waals surface area contributed by atoms with Crippen molar-refractivity contribution in [2.24, 2.45) is 11.8 Å². The van der Waals surface area contributed by atoms with Gasteiger partial charge in [0.05, 0.1) is 13.7 Å². The first-order chi connectivity index (χ1) is 18.9. The van der Waals surface area contributed by atoms with Crippen LogP contribution in [0.3, 0.4) is 0 Å². The number of amides is 4. The van der Waals surface area contributed by atoms with E-state index in [1.165, 1.54) is 23.8 Å². The number of carbonyl (C=O) groups excluding carboxylic acids is 5. The molecule has 1 heterocycles. The summed E-state index contributed by atoms with van der Waals surface area (Å²) in [5, 5.41) is 5.61. The number of ether oxygens (including phenoxy) is 1. The highest BCUT2D eigenvalue weighted by Gasteiger charge is 2.36. The van der Waals surface area contributed by atoms with Crippen LogP contribution in [0.4, 0.5) is 0 Å². The molecule has 40 heavy (non-hydrogen) atoms. The average molecular weight is 557 g/mol. The maximum absolute atomic E-state index is 14.2. The lowest BCUT2D eigenvalue weighted by molar-refractivity contribution is -0.154. The van der Waals surface area contributed by atoms with Gasteiger partial charge in [-0.3, -0.25) is 19.2 Å². The number of hydrogen-bond acceptors (Lipinski definition) is 6. The maximum Gasteiger partial charge on any atom is 0.328 e. The van der Waals surface area contributed by atoms with E-state index in [1.807, 2.05) is 50.3 Å². The zero-order valence-corrected chi connectivity index (χ0v) is 24.5. The lowest BCUT2D eigenvalue weighted by atomic mass is 9.98. The molecule has 4 amide bonds. The van der Waals surface area contributed by atoms with Gasteiger partial charge in [-0.2, -0.15) is 0 Å². The molecule has 1 aromatic carbocycles. The second-order valence-electron chi connectivity index (χ2n) is 10.9. The van der Waals surface area contributed by atoms with Gasteiger partial charge in [0.15, 0.2) is 0 Å². The van der Waals surface area contributed by atoms with E-state index in [1.54, 1.807) is 19.9 Å². The van der Waals surface area contributed by atoms with E-state index in [2.05, 4.69) is 10.6 Å². The summed E-state index contributed by atoms with van der Waals surface area (Å²) in [6.07, 6.45) is 4.60. The Morgan fingerprint density at radius 3 is 2.27 bits per heavy atom. The number of methoxy groups -OCH3 is 1. The lowest BCUT2D eigenvalue weighted by Crippen LogP contribution is -2.59. The predicted molar refractivity (Wildman–Crippen MR) is 152 cm³/mol. The molecule has 2 rings (SSSR count). The van der Waals surface area contributed by atoms with Gasteiger partial charge in [-0.05, 0) is 30.2 Å². The van der Waals surface area contributed by atoms with Gasteiger partial charge >= 0.3 is 5.97 Å². The minimum atomic E-state index is -1.00. The Bertz CT molecular complexity index is 1060. The van der Waals surface area contributed by atoms with Crippen molar-refractivity contribution in [1.82, 2.24) is 20.4 Å². The number of nitrogens with one attached hydrogen (secondary N) is 2. The zero-order chi connectivity index (χ0) is 29.8. The highest BCUT2D eigenvalue weighted by atomic mass is 16.5. The number of nitrogens with zero attached hydrogens (tertiary/aromatic N) is 2. The molecule has 1 aliphatic heterocycles. The van der Waals surface area contributed by atoms with Gasteiger partial charge in [-0.1, -0.05) is 70.2 Å². The first-order valence-electron chi connectivity index (χ1n) is 13.9. The van der Waals surface area contributed by atoms with Crippen LogP contribution < -0.4 is 10.6 Å². The summed E-state index contributed by atoms with van der Waals surface area (Å²) >= 11 is 0. The van der Waals surface area contributed by atoms with Crippen LogP contribution in [0.25, 0.3) is 0 Å². The molecule has 0 saturated carbocycles. The van der Waals surface area contributed by atoms with Crippen molar-refractivity contribution >= 4 is 29.6 Å². The summed E-state index contributed by atoms with van der Waals surface area (Å²) < 4.78 is 5.08. The third kappa shape index (κ3) is 9.81. The maximum atomic E-state index is 14.2. The Balaban J connectivity index is 2.57. The molecule has 0 unspecified atom stereocenters. The molecule has 0 aliphatic carbocycles. The van der Waals surface area contributed by atoms with Gasteiger partial charge in [0.2, 0.25) is 23.6 Å². The van der Waals surface area contributed by atoms with Crippen LogP contribution in [0, 0.1) is 11.8 Å². The molecule has 0 aromatic heterocycles. The van der Waals surface area contributed by atoms with Crippen molar-refractivity contribution in [2.75, 3.05) is 26.7 Å². The summed E-state index contributed by atoms with van der Waals surface area (Å²) in [5.41, 5.74) is 0.829. The van der Waals surface area contributed by atoms with E-state index < -0.39 is 41.8 Å². The van der Waals surface area contributed by atoms with Crippen LogP contribution in [0.5, 0.6) is 0 Å². The SMILES string of the molecule is COC(=O)[C@H](CC(C)C)N1C/C=C\CCN(C(C)=O)CC(=O)N[C@@H](C(C)C)C(=O)N[C@@H](Cc2ccccc2)C1=O. The van der Waals surface area contributed by atoms with E-state index in [0.717, 1.165) is 5.56 Å². The number of rotatable bonds is 7. The van der Waals surface area contributed by atoms with Crippen molar-refractivity contribution in [2.45, 2.75) is 72.0 Å². The van der Waals surface area contributed by atoms with E-state index in [-0.39, 0.29) is 43.8 Å². The molecule has 0 fully saturated rings. The minimum absolute atomic E-state index is 0.0873. The molecule has 0 saturated heterocycles. The minimum Gasteiger partial charge on any atom is -0.467 e. The molecule has 10 heteroatoms. The molecule has 1 aromatic rings. The van der Waals surface area contributed by atoms with E-state index in [4.69, 9.17) is 4.74 Å². The van der Waals surface area contributed by atoms with E-state index in [9.17, 15) is 24.0 Å². The fraction of sp³-hybridized carbons (Fsp3) is 0.567. The van der Waals surface area contributed by atoms with Crippen molar-refractivity contribution in [3.63, 3.8) is 0 Å². The van der Waals surface area contributed by atoms with Crippen molar-refractivity contribution in [3.05, 3.63) is 48.0 Å². The van der Waals surface area contributed by atoms with Gasteiger partial charge in [0.25, 0.3) is 0 Å². The van der Waals surface area contributed by atoms with Gasteiger partial charge in [-0.25, -0.2) is 4.79 Å². The molecular formula is C30H44N4O6. The fourth-order valence-electron chi connectivity index (χ4n) is 4.63. The van der Waals surface area contributed by atoms with Crippen molar-refractivity contribution in [3.8, 4) is 0 Å². The number of benzene rings is 1. The van der Waals surface area contributed by atoms with Crippen molar-refractivity contribution < 1.29 is 28.7 Å². The van der Waals surface area contributed by atoms with Crippen LogP contribution in [0.15, 0.2) is 42.5 Å². The van der Waals surface area contributed by atoms with Crippen LogP contribution in [0.2, 0.25) is 0 Å². The Hall–Kier alpha value is -3.69. The van der Waals surface area contributed by atoms with Crippen molar-refractivity contribution in [1.29, 1.82) is 0 Å². The molecular weight excluding hydrogens is 512 g/mol. The second kappa shape index (κ2) is 15.8. The largest absolute Gasteiger partial charge is 0.467 e. The molecule has 0 spiro atoms. The first kappa shape index (κ1) is 32.5. The normalized spacial score (nSPS) is 21.2. The van der Waals surface area contributed by atoms with Gasteiger partial charge in [0, 0.05) is 26.4 Å². The number of hydrogen-bond donors (Lipinski definition) is 2.